The summed E-state index contributed by atoms with van der Waals surface area (Å²) < 4.78 is 7.27. The second kappa shape index (κ2) is 11.2. The molecule has 0 saturated carbocycles. The van der Waals surface area contributed by atoms with Gasteiger partial charge in [0.05, 0.1) is 19.8 Å². The fraction of sp³-hybridized carbons (Fsp3) is 0.905. The number of morpholine rings is 1. The zero-order valence-electron chi connectivity index (χ0n) is 18.3. The Hall–Kier alpha value is -1.58. The van der Waals surface area contributed by atoms with Crippen LogP contribution in [0.25, 0.3) is 0 Å². The minimum Gasteiger partial charge on any atom is -0.379 e. The van der Waals surface area contributed by atoms with Crippen LogP contribution in [0.3, 0.4) is 0 Å². The molecule has 1 aromatic heterocycles. The number of piperidine rings is 1. The molecule has 0 bridgehead atoms. The lowest BCUT2D eigenvalue weighted by molar-refractivity contribution is -0.135. The van der Waals surface area contributed by atoms with Crippen molar-refractivity contribution in [3.8, 4) is 0 Å². The van der Waals surface area contributed by atoms with Crippen molar-refractivity contribution >= 4 is 5.91 Å². The monoisotopic (exact) mass is 419 g/mol. The number of nitrogens with zero attached hydrogens (tertiary/aromatic N) is 7. The molecule has 168 valence electrons. The molecule has 0 aliphatic carbocycles. The highest BCUT2D eigenvalue weighted by Gasteiger charge is 2.27. The Kier molecular flexibility index (Phi) is 8.05. The molecule has 0 unspecified atom stereocenters. The SMILES string of the molecule is O=C(CCCn1nnnc1CN1CCOCC1)N1CCCC[C@@H]1CCN1CCCC1. The lowest BCUT2D eigenvalue weighted by Gasteiger charge is -2.37. The second-order valence-corrected chi connectivity index (χ2v) is 8.88. The average Bonchev–Trinajstić information content (AvgIpc) is 3.45. The van der Waals surface area contributed by atoms with Gasteiger partial charge in [0, 0.05) is 45.2 Å². The predicted octanol–water partition coefficient (Wildman–Crippen LogP) is 1.15. The van der Waals surface area contributed by atoms with Gasteiger partial charge in [-0.05, 0) is 68.5 Å². The van der Waals surface area contributed by atoms with E-state index in [9.17, 15) is 4.79 Å². The smallest absolute Gasteiger partial charge is 0.222 e. The third-order valence-corrected chi connectivity index (χ3v) is 6.76. The summed E-state index contributed by atoms with van der Waals surface area (Å²) in [4.78, 5) is 20.0. The Morgan fingerprint density at radius 3 is 2.60 bits per heavy atom. The maximum atomic E-state index is 13.0. The van der Waals surface area contributed by atoms with Gasteiger partial charge in [-0.1, -0.05) is 0 Å². The Bertz CT molecular complexity index is 656. The van der Waals surface area contributed by atoms with Crippen LogP contribution in [-0.2, 0) is 22.6 Å². The number of carbonyl (C=O) groups excluding carboxylic acids is 1. The van der Waals surface area contributed by atoms with Gasteiger partial charge in [-0.2, -0.15) is 0 Å². The lowest BCUT2D eigenvalue weighted by Crippen LogP contribution is -2.45. The number of hydrogen-bond donors (Lipinski definition) is 0. The molecule has 4 heterocycles. The van der Waals surface area contributed by atoms with Crippen LogP contribution in [0, 0.1) is 0 Å². The first-order valence-corrected chi connectivity index (χ1v) is 11.9. The predicted molar refractivity (Wildman–Crippen MR) is 113 cm³/mol. The fourth-order valence-electron chi connectivity index (χ4n) is 4.96. The molecular formula is C21H37N7O2. The van der Waals surface area contributed by atoms with E-state index in [4.69, 9.17) is 4.74 Å². The summed E-state index contributed by atoms with van der Waals surface area (Å²) in [6.45, 7) is 9.35. The van der Waals surface area contributed by atoms with Crippen LogP contribution in [0.5, 0.6) is 0 Å². The van der Waals surface area contributed by atoms with Gasteiger partial charge in [0.1, 0.15) is 0 Å². The summed E-state index contributed by atoms with van der Waals surface area (Å²) >= 11 is 0. The zero-order valence-corrected chi connectivity index (χ0v) is 18.3. The Morgan fingerprint density at radius 1 is 0.967 bits per heavy atom. The largest absolute Gasteiger partial charge is 0.379 e. The molecule has 1 aromatic rings. The van der Waals surface area contributed by atoms with Crippen LogP contribution in [0.15, 0.2) is 0 Å². The highest BCUT2D eigenvalue weighted by molar-refractivity contribution is 5.76. The molecule has 3 aliphatic rings. The highest BCUT2D eigenvalue weighted by atomic mass is 16.5. The number of hydrogen-bond acceptors (Lipinski definition) is 7. The number of tetrazole rings is 1. The summed E-state index contributed by atoms with van der Waals surface area (Å²) in [6.07, 6.45) is 8.72. The first-order valence-electron chi connectivity index (χ1n) is 11.9. The highest BCUT2D eigenvalue weighted by Crippen LogP contribution is 2.22. The van der Waals surface area contributed by atoms with Crippen LogP contribution < -0.4 is 0 Å². The van der Waals surface area contributed by atoms with Crippen molar-refractivity contribution < 1.29 is 9.53 Å². The molecule has 0 aromatic carbocycles. The summed E-state index contributed by atoms with van der Waals surface area (Å²) in [7, 11) is 0. The third kappa shape index (κ3) is 5.98. The zero-order chi connectivity index (χ0) is 20.6. The van der Waals surface area contributed by atoms with Crippen molar-refractivity contribution in [3.63, 3.8) is 0 Å². The normalized spacial score (nSPS) is 23.9. The van der Waals surface area contributed by atoms with E-state index in [-0.39, 0.29) is 0 Å². The minimum atomic E-state index is 0.309. The Labute approximate surface area is 179 Å². The van der Waals surface area contributed by atoms with Gasteiger partial charge in [-0.25, -0.2) is 4.68 Å². The number of aryl methyl sites for hydroxylation is 1. The average molecular weight is 420 g/mol. The maximum absolute atomic E-state index is 13.0. The van der Waals surface area contributed by atoms with Crippen molar-refractivity contribution in [2.75, 3.05) is 52.5 Å². The molecular weight excluding hydrogens is 382 g/mol. The van der Waals surface area contributed by atoms with Gasteiger partial charge in [0.2, 0.25) is 5.91 Å². The van der Waals surface area contributed by atoms with Crippen LogP contribution in [0.4, 0.5) is 0 Å². The number of rotatable bonds is 9. The van der Waals surface area contributed by atoms with Crippen LogP contribution in [0.1, 0.15) is 57.2 Å². The molecule has 1 atom stereocenters. The molecule has 3 fully saturated rings. The first-order chi connectivity index (χ1) is 14.8. The van der Waals surface area contributed by atoms with Crippen molar-refractivity contribution in [2.24, 2.45) is 0 Å². The Balaban J connectivity index is 1.22. The standard InChI is InChI=1S/C21H37N7O2/c29-21(27-11-2-1-6-19(27)8-13-25-9-3-4-10-25)7-5-12-28-20(22-23-24-28)18-26-14-16-30-17-15-26/h19H,1-18H2/t19-/m1/s1. The van der Waals surface area contributed by atoms with Gasteiger partial charge < -0.3 is 14.5 Å². The van der Waals surface area contributed by atoms with Gasteiger partial charge in [-0.3, -0.25) is 9.69 Å². The molecule has 0 N–H and O–H groups in total. The van der Waals surface area contributed by atoms with E-state index in [1.807, 2.05) is 4.68 Å². The number of aromatic nitrogens is 4. The Morgan fingerprint density at radius 2 is 1.77 bits per heavy atom. The maximum Gasteiger partial charge on any atom is 0.222 e. The summed E-state index contributed by atoms with van der Waals surface area (Å²) in [5, 5.41) is 12.2. The van der Waals surface area contributed by atoms with Crippen molar-refractivity contribution in [2.45, 2.75) is 70.5 Å². The van der Waals surface area contributed by atoms with Crippen LogP contribution in [-0.4, -0.2) is 99.3 Å². The lowest BCUT2D eigenvalue weighted by atomic mass is 9.98. The molecule has 30 heavy (non-hydrogen) atoms. The summed E-state index contributed by atoms with van der Waals surface area (Å²) in [5.74, 6) is 1.19. The van der Waals surface area contributed by atoms with E-state index in [0.29, 0.717) is 24.9 Å². The summed E-state index contributed by atoms with van der Waals surface area (Å²) in [5.41, 5.74) is 0. The van der Waals surface area contributed by atoms with Gasteiger partial charge >= 0.3 is 0 Å². The number of carbonyl (C=O) groups is 1. The van der Waals surface area contributed by atoms with E-state index in [2.05, 4.69) is 30.2 Å². The topological polar surface area (TPSA) is 79.6 Å². The van der Waals surface area contributed by atoms with E-state index in [1.54, 1.807) is 0 Å². The van der Waals surface area contributed by atoms with E-state index < -0.39 is 0 Å². The van der Waals surface area contributed by atoms with Crippen molar-refractivity contribution in [1.29, 1.82) is 0 Å². The molecule has 9 nitrogen and oxygen atoms in total. The molecule has 3 saturated heterocycles. The van der Waals surface area contributed by atoms with Gasteiger partial charge in [-0.15, -0.1) is 5.10 Å². The molecule has 3 aliphatic heterocycles. The van der Waals surface area contributed by atoms with Crippen LogP contribution >= 0.6 is 0 Å². The summed E-state index contributed by atoms with van der Waals surface area (Å²) in [6, 6.07) is 0.428. The van der Waals surface area contributed by atoms with Crippen LogP contribution in [0.2, 0.25) is 0 Å². The van der Waals surface area contributed by atoms with Crippen molar-refractivity contribution in [3.05, 3.63) is 5.82 Å². The third-order valence-electron chi connectivity index (χ3n) is 6.76. The van der Waals surface area contributed by atoms with Gasteiger partial charge in [0.25, 0.3) is 0 Å². The molecule has 0 radical (unpaired) electrons. The minimum absolute atomic E-state index is 0.309. The van der Waals surface area contributed by atoms with Gasteiger partial charge in [0.15, 0.2) is 5.82 Å². The molecule has 0 spiro atoms. The first kappa shape index (κ1) is 21.6. The molecule has 4 rings (SSSR count). The number of ether oxygens (including phenoxy) is 1. The fourth-order valence-corrected chi connectivity index (χ4v) is 4.96. The number of amides is 1. The quantitative estimate of drug-likeness (QED) is 0.594. The van der Waals surface area contributed by atoms with E-state index in [0.717, 1.165) is 77.4 Å². The van der Waals surface area contributed by atoms with Crippen molar-refractivity contribution in [1.82, 2.24) is 34.9 Å². The molecule has 9 heteroatoms. The van der Waals surface area contributed by atoms with E-state index in [1.165, 1.54) is 32.4 Å². The molecule has 1 amide bonds. The number of likely N-dealkylation sites (tertiary alicyclic amines) is 2. The van der Waals surface area contributed by atoms with E-state index >= 15 is 0 Å². The second-order valence-electron chi connectivity index (χ2n) is 8.88.